The van der Waals surface area contributed by atoms with Crippen molar-refractivity contribution in [2.75, 3.05) is 5.75 Å². The van der Waals surface area contributed by atoms with E-state index in [1.54, 1.807) is 0 Å². The number of hydrogen-bond donors (Lipinski definition) is 0. The van der Waals surface area contributed by atoms with Gasteiger partial charge in [0.2, 0.25) is 0 Å². The summed E-state index contributed by atoms with van der Waals surface area (Å²) in [6.07, 6.45) is 0. The van der Waals surface area contributed by atoms with Gasteiger partial charge >= 0.3 is 29.6 Å². The monoisotopic (exact) mass is 186 g/mol. The molecule has 0 N–H and O–H groups in total. The molecule has 2 nitrogen and oxygen atoms in total. The maximum absolute atomic E-state index is 10.3. The summed E-state index contributed by atoms with van der Waals surface area (Å²) >= 11 is -1.91. The largest absolute Gasteiger partial charge is 1.00 e. The molecule has 0 aromatic heterocycles. The van der Waals surface area contributed by atoms with E-state index in [0.29, 0.717) is 5.92 Å². The van der Waals surface area contributed by atoms with Crippen LogP contribution in [0.1, 0.15) is 27.7 Å². The van der Waals surface area contributed by atoms with Gasteiger partial charge in [0, 0.05) is 5.75 Å². The molecule has 0 radical (unpaired) electrons. The smallest absolute Gasteiger partial charge is 0.772 e. The van der Waals surface area contributed by atoms with Crippen molar-refractivity contribution in [2.24, 2.45) is 11.3 Å². The Balaban J connectivity index is 0. The summed E-state index contributed by atoms with van der Waals surface area (Å²) in [5.41, 5.74) is -0.0907. The average Bonchev–Trinajstić information content (AvgIpc) is 1.60. The fourth-order valence-electron chi connectivity index (χ4n) is 0.470. The summed E-state index contributed by atoms with van der Waals surface area (Å²) in [5, 5.41) is 0. The third kappa shape index (κ3) is 6.29. The van der Waals surface area contributed by atoms with Crippen LogP contribution in [0.25, 0.3) is 0 Å². The number of rotatable bonds is 3. The molecule has 62 valence electrons. The van der Waals surface area contributed by atoms with Gasteiger partial charge in [0.1, 0.15) is 0 Å². The van der Waals surface area contributed by atoms with Gasteiger partial charge in [-0.3, -0.25) is 4.21 Å². The molecule has 0 aromatic carbocycles. The molecule has 0 spiro atoms. The van der Waals surface area contributed by atoms with Gasteiger partial charge in [-0.2, -0.15) is 0 Å². The van der Waals surface area contributed by atoms with E-state index in [1.807, 2.05) is 27.7 Å². The van der Waals surface area contributed by atoms with E-state index < -0.39 is 11.1 Å². The SMILES string of the molecule is CC(C)C(C)(C)CS(=O)[O-].[Na+]. The van der Waals surface area contributed by atoms with E-state index in [-0.39, 0.29) is 40.7 Å². The van der Waals surface area contributed by atoms with Crippen molar-refractivity contribution in [2.45, 2.75) is 27.7 Å². The third-order valence-electron chi connectivity index (χ3n) is 2.05. The molecule has 0 saturated carbocycles. The van der Waals surface area contributed by atoms with Crippen molar-refractivity contribution < 1.29 is 38.3 Å². The van der Waals surface area contributed by atoms with Gasteiger partial charge < -0.3 is 4.55 Å². The molecule has 1 atom stereocenters. The predicted molar refractivity (Wildman–Crippen MR) is 42.4 cm³/mol. The molecule has 11 heavy (non-hydrogen) atoms. The van der Waals surface area contributed by atoms with Gasteiger partial charge in [-0.05, 0) is 11.3 Å². The van der Waals surface area contributed by atoms with Crippen LogP contribution in [0, 0.1) is 11.3 Å². The molecular weight excluding hydrogens is 171 g/mol. The molecule has 0 aromatic rings. The molecule has 0 bridgehead atoms. The fourth-order valence-corrected chi connectivity index (χ4v) is 1.41. The van der Waals surface area contributed by atoms with Crippen LogP contribution in [0.3, 0.4) is 0 Å². The number of hydrogen-bond acceptors (Lipinski definition) is 2. The normalized spacial score (nSPS) is 14.4. The second-order valence-electron chi connectivity index (χ2n) is 3.59. The van der Waals surface area contributed by atoms with Gasteiger partial charge in [-0.1, -0.05) is 38.8 Å². The molecule has 0 heterocycles. The second kappa shape index (κ2) is 5.70. The first-order chi connectivity index (χ1) is 4.36. The summed E-state index contributed by atoms with van der Waals surface area (Å²) in [4.78, 5) is 0. The van der Waals surface area contributed by atoms with E-state index in [1.165, 1.54) is 0 Å². The van der Waals surface area contributed by atoms with E-state index in [9.17, 15) is 8.76 Å². The molecule has 0 aliphatic rings. The van der Waals surface area contributed by atoms with Crippen molar-refractivity contribution in [3.8, 4) is 0 Å². The predicted octanol–water partition coefficient (Wildman–Crippen LogP) is -1.45. The Labute approximate surface area is 93.7 Å². The molecule has 1 unspecified atom stereocenters. The zero-order valence-electron chi connectivity index (χ0n) is 8.01. The Hall–Kier alpha value is 1.11. The Morgan fingerprint density at radius 3 is 1.91 bits per heavy atom. The zero-order valence-corrected chi connectivity index (χ0v) is 10.8. The standard InChI is InChI=1S/C7H16O2S.Na/c1-6(2)7(3,4)5-10(8)9;/h6H,5H2,1-4H3,(H,8,9);/q;+1/p-1. The first-order valence-electron chi connectivity index (χ1n) is 3.42. The minimum Gasteiger partial charge on any atom is -0.772 e. The van der Waals surface area contributed by atoms with Crippen LogP contribution in [-0.4, -0.2) is 14.5 Å². The Morgan fingerprint density at radius 2 is 1.82 bits per heavy atom. The first-order valence-corrected chi connectivity index (χ1v) is 4.66. The van der Waals surface area contributed by atoms with Gasteiger partial charge in [0.25, 0.3) is 0 Å². The molecular formula is C7H15NaO2S. The van der Waals surface area contributed by atoms with E-state index in [4.69, 9.17) is 0 Å². The Bertz CT molecular complexity index is 134. The van der Waals surface area contributed by atoms with E-state index in [2.05, 4.69) is 0 Å². The van der Waals surface area contributed by atoms with Crippen LogP contribution < -0.4 is 29.6 Å². The minimum atomic E-state index is -1.91. The molecule has 0 amide bonds. The summed E-state index contributed by atoms with van der Waals surface area (Å²) in [6, 6.07) is 0. The molecule has 0 rings (SSSR count). The molecule has 0 aliphatic carbocycles. The molecule has 4 heteroatoms. The van der Waals surface area contributed by atoms with E-state index >= 15 is 0 Å². The summed E-state index contributed by atoms with van der Waals surface area (Å²) in [7, 11) is 0. The Kier molecular flexibility index (Phi) is 7.58. The van der Waals surface area contributed by atoms with Crippen molar-refractivity contribution in [3.05, 3.63) is 0 Å². The van der Waals surface area contributed by atoms with Gasteiger partial charge in [0.05, 0.1) is 0 Å². The van der Waals surface area contributed by atoms with Crippen molar-refractivity contribution in [1.82, 2.24) is 0 Å². The zero-order chi connectivity index (χ0) is 8.36. The minimum absolute atomic E-state index is 0. The van der Waals surface area contributed by atoms with Crippen molar-refractivity contribution in [3.63, 3.8) is 0 Å². The van der Waals surface area contributed by atoms with E-state index in [0.717, 1.165) is 0 Å². The maximum atomic E-state index is 10.3. The van der Waals surface area contributed by atoms with Gasteiger partial charge in [0.15, 0.2) is 0 Å². The first kappa shape index (κ1) is 14.6. The van der Waals surface area contributed by atoms with Crippen LogP contribution in [0.5, 0.6) is 0 Å². The van der Waals surface area contributed by atoms with Crippen LogP contribution in [0.4, 0.5) is 0 Å². The van der Waals surface area contributed by atoms with Gasteiger partial charge in [-0.25, -0.2) is 0 Å². The quantitative estimate of drug-likeness (QED) is 0.400. The Morgan fingerprint density at radius 1 is 1.45 bits per heavy atom. The molecule has 0 aliphatic heterocycles. The summed E-state index contributed by atoms with van der Waals surface area (Å²) < 4.78 is 20.6. The van der Waals surface area contributed by atoms with Crippen LogP contribution in [0.15, 0.2) is 0 Å². The molecule has 0 fully saturated rings. The molecule has 0 saturated heterocycles. The fraction of sp³-hybridized carbons (Fsp3) is 1.00. The second-order valence-corrected chi connectivity index (χ2v) is 4.49. The van der Waals surface area contributed by atoms with Gasteiger partial charge in [-0.15, -0.1) is 0 Å². The van der Waals surface area contributed by atoms with Crippen LogP contribution >= 0.6 is 0 Å². The summed E-state index contributed by atoms with van der Waals surface area (Å²) in [6.45, 7) is 8.00. The topological polar surface area (TPSA) is 40.1 Å². The van der Waals surface area contributed by atoms with Crippen LogP contribution in [-0.2, 0) is 11.1 Å². The summed E-state index contributed by atoms with van der Waals surface area (Å²) in [5.74, 6) is 0.662. The van der Waals surface area contributed by atoms with Crippen molar-refractivity contribution >= 4 is 11.1 Å². The third-order valence-corrected chi connectivity index (χ3v) is 3.03. The van der Waals surface area contributed by atoms with Crippen LogP contribution in [0.2, 0.25) is 0 Å². The average molecular weight is 186 g/mol. The maximum Gasteiger partial charge on any atom is 1.00 e. The van der Waals surface area contributed by atoms with Crippen molar-refractivity contribution in [1.29, 1.82) is 0 Å².